The summed E-state index contributed by atoms with van der Waals surface area (Å²) in [6, 6.07) is 8.24. The Balaban J connectivity index is 2.04. The summed E-state index contributed by atoms with van der Waals surface area (Å²) in [5.41, 5.74) is 2.29. The quantitative estimate of drug-likeness (QED) is 0.814. The zero-order chi connectivity index (χ0) is 12.8. The number of aliphatic hydroxyl groups excluding tert-OH is 1. The topological polar surface area (TPSA) is 32.7 Å². The Labute approximate surface area is 109 Å². The summed E-state index contributed by atoms with van der Waals surface area (Å²) in [6.45, 7) is 2.92. The van der Waals surface area contributed by atoms with Crippen LogP contribution in [0, 0.1) is 0 Å². The van der Waals surface area contributed by atoms with Crippen molar-refractivity contribution in [1.82, 2.24) is 0 Å². The molecule has 1 unspecified atom stereocenters. The van der Waals surface area contributed by atoms with Gasteiger partial charge in [-0.25, -0.2) is 0 Å². The second kappa shape index (κ2) is 6.76. The third kappa shape index (κ3) is 3.24. The summed E-state index contributed by atoms with van der Waals surface area (Å²) in [5.74, 6) is 0. The highest BCUT2D eigenvalue weighted by molar-refractivity contribution is 5.55. The number of fused-ring (bicyclic) bond motifs is 1. The zero-order valence-corrected chi connectivity index (χ0v) is 11.1. The van der Waals surface area contributed by atoms with E-state index in [0.29, 0.717) is 0 Å². The predicted molar refractivity (Wildman–Crippen MR) is 74.0 cm³/mol. The van der Waals surface area contributed by atoms with Crippen LogP contribution in [0.5, 0.6) is 0 Å². The predicted octanol–water partition coefficient (Wildman–Crippen LogP) is 2.75. The molecule has 1 atom stereocenters. The molecule has 1 aromatic rings. The van der Waals surface area contributed by atoms with E-state index >= 15 is 0 Å². The Morgan fingerprint density at radius 1 is 1.33 bits per heavy atom. The van der Waals surface area contributed by atoms with Crippen molar-refractivity contribution < 1.29 is 9.84 Å². The van der Waals surface area contributed by atoms with E-state index in [2.05, 4.69) is 17.0 Å². The molecule has 2 rings (SSSR count). The van der Waals surface area contributed by atoms with E-state index in [1.165, 1.54) is 5.69 Å². The number of hydrogen-bond donors (Lipinski definition) is 1. The molecule has 0 bridgehead atoms. The van der Waals surface area contributed by atoms with Gasteiger partial charge in [-0.1, -0.05) is 18.2 Å². The van der Waals surface area contributed by atoms with Crippen LogP contribution in [-0.4, -0.2) is 31.9 Å². The van der Waals surface area contributed by atoms with E-state index < -0.39 is 0 Å². The minimum Gasteiger partial charge on any atom is -0.388 e. The van der Waals surface area contributed by atoms with Gasteiger partial charge >= 0.3 is 0 Å². The normalized spacial score (nSPS) is 19.4. The number of ether oxygens (including phenoxy) is 1. The van der Waals surface area contributed by atoms with Gasteiger partial charge in [0.25, 0.3) is 0 Å². The van der Waals surface area contributed by atoms with Crippen molar-refractivity contribution in [3.05, 3.63) is 29.8 Å². The Bertz CT molecular complexity index is 367. The molecule has 1 aromatic carbocycles. The van der Waals surface area contributed by atoms with Crippen LogP contribution >= 0.6 is 0 Å². The monoisotopic (exact) mass is 249 g/mol. The van der Waals surface area contributed by atoms with Crippen LogP contribution in [0.15, 0.2) is 24.3 Å². The molecule has 3 nitrogen and oxygen atoms in total. The lowest BCUT2D eigenvalue weighted by atomic mass is 10.0. The lowest BCUT2D eigenvalue weighted by Gasteiger charge is -2.25. The molecule has 0 aliphatic carbocycles. The SMILES string of the molecule is COCCCCN1CCCC(O)c2ccccc21. The molecule has 1 heterocycles. The fourth-order valence-corrected chi connectivity index (χ4v) is 2.59. The first-order chi connectivity index (χ1) is 8.83. The Morgan fingerprint density at radius 2 is 2.17 bits per heavy atom. The number of rotatable bonds is 5. The number of benzene rings is 1. The third-order valence-corrected chi connectivity index (χ3v) is 3.57. The lowest BCUT2D eigenvalue weighted by Crippen LogP contribution is -2.25. The minimum atomic E-state index is -0.301. The number of hydrogen-bond acceptors (Lipinski definition) is 3. The Kier molecular flexibility index (Phi) is 5.02. The standard InChI is InChI=1S/C15H23NO2/c1-18-12-5-4-10-16-11-6-9-15(17)13-7-2-3-8-14(13)16/h2-3,7-8,15,17H,4-6,9-12H2,1H3. The minimum absolute atomic E-state index is 0.301. The average molecular weight is 249 g/mol. The molecular formula is C15H23NO2. The second-order valence-electron chi connectivity index (χ2n) is 4.90. The molecule has 1 N–H and O–H groups in total. The van der Waals surface area contributed by atoms with E-state index in [9.17, 15) is 5.11 Å². The van der Waals surface area contributed by atoms with Crippen LogP contribution in [0.1, 0.15) is 37.4 Å². The number of para-hydroxylation sites is 1. The Hall–Kier alpha value is -1.06. The zero-order valence-electron chi connectivity index (χ0n) is 11.1. The van der Waals surface area contributed by atoms with Gasteiger partial charge in [0.1, 0.15) is 0 Å². The molecule has 0 amide bonds. The van der Waals surface area contributed by atoms with Crippen LogP contribution in [0.2, 0.25) is 0 Å². The molecule has 3 heteroatoms. The van der Waals surface area contributed by atoms with Crippen molar-refractivity contribution in [3.8, 4) is 0 Å². The van der Waals surface area contributed by atoms with Crippen molar-refractivity contribution in [1.29, 1.82) is 0 Å². The van der Waals surface area contributed by atoms with Gasteiger partial charge in [0.15, 0.2) is 0 Å². The van der Waals surface area contributed by atoms with Crippen LogP contribution in [0.3, 0.4) is 0 Å². The van der Waals surface area contributed by atoms with Gasteiger partial charge in [0, 0.05) is 38.1 Å². The summed E-state index contributed by atoms with van der Waals surface area (Å²) in [5, 5.41) is 10.1. The number of unbranched alkanes of at least 4 members (excludes halogenated alkanes) is 1. The summed E-state index contributed by atoms with van der Waals surface area (Å²) in [4.78, 5) is 2.40. The van der Waals surface area contributed by atoms with Crippen molar-refractivity contribution in [3.63, 3.8) is 0 Å². The van der Waals surface area contributed by atoms with Gasteiger partial charge in [-0.15, -0.1) is 0 Å². The fourth-order valence-electron chi connectivity index (χ4n) is 2.59. The molecule has 0 saturated heterocycles. The van der Waals surface area contributed by atoms with E-state index in [-0.39, 0.29) is 6.10 Å². The second-order valence-corrected chi connectivity index (χ2v) is 4.90. The fraction of sp³-hybridized carbons (Fsp3) is 0.600. The van der Waals surface area contributed by atoms with E-state index in [4.69, 9.17) is 4.74 Å². The van der Waals surface area contributed by atoms with E-state index in [1.54, 1.807) is 7.11 Å². The highest BCUT2D eigenvalue weighted by Crippen LogP contribution is 2.32. The molecule has 1 aliphatic rings. The van der Waals surface area contributed by atoms with E-state index in [1.807, 2.05) is 12.1 Å². The highest BCUT2D eigenvalue weighted by Gasteiger charge is 2.20. The first-order valence-corrected chi connectivity index (χ1v) is 6.84. The van der Waals surface area contributed by atoms with Gasteiger partial charge in [0.2, 0.25) is 0 Å². The smallest absolute Gasteiger partial charge is 0.0810 e. The van der Waals surface area contributed by atoms with Crippen molar-refractivity contribution in [2.45, 2.75) is 31.8 Å². The van der Waals surface area contributed by atoms with Gasteiger partial charge in [-0.2, -0.15) is 0 Å². The number of methoxy groups -OCH3 is 1. The highest BCUT2D eigenvalue weighted by atomic mass is 16.5. The van der Waals surface area contributed by atoms with Crippen LogP contribution < -0.4 is 4.90 Å². The van der Waals surface area contributed by atoms with Crippen molar-refractivity contribution in [2.24, 2.45) is 0 Å². The van der Waals surface area contributed by atoms with E-state index in [0.717, 1.165) is 50.9 Å². The maximum absolute atomic E-state index is 10.1. The number of nitrogens with zero attached hydrogens (tertiary/aromatic N) is 1. The Morgan fingerprint density at radius 3 is 3.00 bits per heavy atom. The largest absolute Gasteiger partial charge is 0.388 e. The van der Waals surface area contributed by atoms with Gasteiger partial charge in [-0.3, -0.25) is 0 Å². The van der Waals surface area contributed by atoms with Crippen molar-refractivity contribution in [2.75, 3.05) is 31.7 Å². The summed E-state index contributed by atoms with van der Waals surface area (Å²) >= 11 is 0. The van der Waals surface area contributed by atoms with Gasteiger partial charge in [-0.05, 0) is 31.7 Å². The first-order valence-electron chi connectivity index (χ1n) is 6.84. The summed E-state index contributed by atoms with van der Waals surface area (Å²) < 4.78 is 5.08. The number of anilines is 1. The third-order valence-electron chi connectivity index (χ3n) is 3.57. The lowest BCUT2D eigenvalue weighted by molar-refractivity contribution is 0.168. The number of aliphatic hydroxyl groups is 1. The molecule has 0 radical (unpaired) electrons. The van der Waals surface area contributed by atoms with Gasteiger partial charge < -0.3 is 14.7 Å². The van der Waals surface area contributed by atoms with Crippen LogP contribution in [-0.2, 0) is 4.74 Å². The maximum Gasteiger partial charge on any atom is 0.0810 e. The first kappa shape index (κ1) is 13.4. The van der Waals surface area contributed by atoms with Crippen LogP contribution in [0.25, 0.3) is 0 Å². The molecule has 1 aliphatic heterocycles. The van der Waals surface area contributed by atoms with Crippen molar-refractivity contribution >= 4 is 5.69 Å². The van der Waals surface area contributed by atoms with Crippen LogP contribution in [0.4, 0.5) is 5.69 Å². The average Bonchev–Trinajstić information content (AvgIpc) is 2.56. The molecule has 18 heavy (non-hydrogen) atoms. The molecular weight excluding hydrogens is 226 g/mol. The molecule has 0 fully saturated rings. The summed E-state index contributed by atoms with van der Waals surface area (Å²) in [6.07, 6.45) is 3.85. The molecule has 100 valence electrons. The van der Waals surface area contributed by atoms with Gasteiger partial charge in [0.05, 0.1) is 6.10 Å². The molecule has 0 spiro atoms. The molecule has 0 saturated carbocycles. The summed E-state index contributed by atoms with van der Waals surface area (Å²) in [7, 11) is 1.75. The maximum atomic E-state index is 10.1. The molecule has 0 aromatic heterocycles.